The Labute approximate surface area is 223 Å². The van der Waals surface area contributed by atoms with Crippen LogP contribution in [0.3, 0.4) is 0 Å². The first-order valence-electron chi connectivity index (χ1n) is 12.3. The smallest absolute Gasteiger partial charge is 0.321 e. The number of aliphatic hydroxyl groups excluding tert-OH is 3. The summed E-state index contributed by atoms with van der Waals surface area (Å²) in [7, 11) is 0. The van der Waals surface area contributed by atoms with Crippen LogP contribution >= 0.6 is 11.6 Å². The monoisotopic (exact) mass is 541 g/mol. The third-order valence-corrected chi connectivity index (χ3v) is 7.08. The van der Waals surface area contributed by atoms with E-state index in [0.29, 0.717) is 47.3 Å². The number of nitrogens with zero attached hydrogens (tertiary/aromatic N) is 5. The molecule has 4 heterocycles. The second kappa shape index (κ2) is 11.1. The summed E-state index contributed by atoms with van der Waals surface area (Å²) < 4.78 is 7.04. The summed E-state index contributed by atoms with van der Waals surface area (Å²) in [5.74, 6) is 6.73. The van der Waals surface area contributed by atoms with E-state index in [-0.39, 0.29) is 17.7 Å². The molecule has 2 aliphatic rings. The Bertz CT molecular complexity index is 1360. The number of nitrogens with one attached hydrogen (secondary N) is 1. The second-order valence-electron chi connectivity index (χ2n) is 9.36. The zero-order valence-electron chi connectivity index (χ0n) is 20.4. The highest BCUT2D eigenvalue weighted by Crippen LogP contribution is 2.32. The molecular formula is C25H28ClN7O5. The van der Waals surface area contributed by atoms with E-state index in [9.17, 15) is 20.1 Å². The number of imidazole rings is 1. The molecule has 2 amide bonds. The van der Waals surface area contributed by atoms with Gasteiger partial charge in [0, 0.05) is 30.2 Å². The van der Waals surface area contributed by atoms with Crippen molar-refractivity contribution in [1.82, 2.24) is 24.4 Å². The van der Waals surface area contributed by atoms with Crippen LogP contribution in [0.4, 0.5) is 16.3 Å². The lowest BCUT2D eigenvalue weighted by Gasteiger charge is -2.31. The largest absolute Gasteiger partial charge is 0.394 e. The van der Waals surface area contributed by atoms with Gasteiger partial charge in [-0.05, 0) is 48.9 Å². The number of urea groups is 1. The molecule has 1 aromatic carbocycles. The number of amides is 2. The topological polar surface area (TPSA) is 172 Å². The number of carbonyl (C=O) groups is 1. The molecule has 0 saturated carbocycles. The van der Waals surface area contributed by atoms with Crippen LogP contribution in [0.5, 0.6) is 0 Å². The molecule has 12 nitrogen and oxygen atoms in total. The molecule has 13 heteroatoms. The third-order valence-electron chi connectivity index (χ3n) is 6.83. The molecule has 0 bridgehead atoms. The van der Waals surface area contributed by atoms with E-state index >= 15 is 0 Å². The van der Waals surface area contributed by atoms with Gasteiger partial charge in [-0.2, -0.15) is 0 Å². The lowest BCUT2D eigenvalue weighted by molar-refractivity contribution is -0.0511. The Kier molecular flexibility index (Phi) is 7.64. The molecule has 2 aliphatic heterocycles. The summed E-state index contributed by atoms with van der Waals surface area (Å²) in [6.45, 7) is 0.816. The predicted molar refractivity (Wildman–Crippen MR) is 139 cm³/mol. The number of carbonyl (C=O) groups excluding carboxylic acids is 1. The van der Waals surface area contributed by atoms with E-state index in [1.807, 2.05) is 0 Å². The van der Waals surface area contributed by atoms with Crippen molar-refractivity contribution >= 4 is 40.3 Å². The molecule has 2 aromatic heterocycles. The van der Waals surface area contributed by atoms with Crippen LogP contribution in [0.15, 0.2) is 30.6 Å². The summed E-state index contributed by atoms with van der Waals surface area (Å²) in [4.78, 5) is 27.2. The summed E-state index contributed by atoms with van der Waals surface area (Å²) in [6.07, 6.45) is -0.812. The van der Waals surface area contributed by atoms with Gasteiger partial charge < -0.3 is 36.0 Å². The normalized spacial score (nSPS) is 23.8. The average molecular weight is 542 g/mol. The average Bonchev–Trinajstić information content (AvgIpc) is 3.46. The van der Waals surface area contributed by atoms with Crippen LogP contribution in [-0.2, 0) is 4.74 Å². The Morgan fingerprint density at radius 1 is 1.18 bits per heavy atom. The number of ether oxygens (including phenoxy) is 1. The first-order chi connectivity index (χ1) is 18.3. The maximum Gasteiger partial charge on any atom is 0.321 e. The van der Waals surface area contributed by atoms with E-state index < -0.39 is 31.1 Å². The van der Waals surface area contributed by atoms with Gasteiger partial charge in [-0.25, -0.2) is 19.7 Å². The predicted octanol–water partition coefficient (Wildman–Crippen LogP) is 1.36. The first kappa shape index (κ1) is 26.1. The lowest BCUT2D eigenvalue weighted by Crippen LogP contribution is -2.41. The number of aromatic nitrogens is 4. The fourth-order valence-electron chi connectivity index (χ4n) is 4.64. The number of benzene rings is 1. The zero-order valence-corrected chi connectivity index (χ0v) is 21.1. The van der Waals surface area contributed by atoms with Crippen molar-refractivity contribution < 1.29 is 24.9 Å². The molecule has 6 N–H and O–H groups in total. The molecule has 2 fully saturated rings. The minimum Gasteiger partial charge on any atom is -0.394 e. The molecule has 0 spiro atoms. The highest BCUT2D eigenvalue weighted by atomic mass is 35.5. The minimum absolute atomic E-state index is 0.129. The van der Waals surface area contributed by atoms with E-state index in [4.69, 9.17) is 22.1 Å². The van der Waals surface area contributed by atoms with Gasteiger partial charge in [-0.3, -0.25) is 4.57 Å². The van der Waals surface area contributed by atoms with Gasteiger partial charge in [0.2, 0.25) is 5.82 Å². The molecule has 0 unspecified atom stereocenters. The quantitative estimate of drug-likeness (QED) is 0.306. The van der Waals surface area contributed by atoms with Crippen molar-refractivity contribution in [2.24, 2.45) is 5.92 Å². The van der Waals surface area contributed by atoms with E-state index in [0.717, 1.165) is 12.8 Å². The van der Waals surface area contributed by atoms with Crippen LogP contribution in [0.1, 0.15) is 31.3 Å². The second-order valence-corrected chi connectivity index (χ2v) is 9.80. The number of nitrogens with two attached hydrogens (primary N) is 1. The number of halogens is 1. The molecule has 3 aromatic rings. The van der Waals surface area contributed by atoms with Gasteiger partial charge in [-0.15, -0.1) is 0 Å². The summed E-state index contributed by atoms with van der Waals surface area (Å²) in [6, 6.07) is 6.85. The van der Waals surface area contributed by atoms with Gasteiger partial charge in [0.05, 0.1) is 12.9 Å². The first-order valence-corrected chi connectivity index (χ1v) is 12.6. The Morgan fingerprint density at radius 3 is 2.61 bits per heavy atom. The highest BCUT2D eigenvalue weighted by Gasteiger charge is 2.44. The van der Waals surface area contributed by atoms with Gasteiger partial charge in [-0.1, -0.05) is 17.5 Å². The zero-order chi connectivity index (χ0) is 26.8. The maximum absolute atomic E-state index is 12.5. The van der Waals surface area contributed by atoms with E-state index in [2.05, 4.69) is 32.1 Å². The third kappa shape index (κ3) is 5.38. The maximum atomic E-state index is 12.5. The molecule has 200 valence electrons. The number of hydrogen-bond donors (Lipinski definition) is 5. The van der Waals surface area contributed by atoms with Crippen molar-refractivity contribution in [2.75, 3.05) is 30.7 Å². The van der Waals surface area contributed by atoms with Gasteiger partial charge in [0.1, 0.15) is 23.8 Å². The molecule has 0 radical (unpaired) electrons. The van der Waals surface area contributed by atoms with Crippen LogP contribution < -0.4 is 11.1 Å². The van der Waals surface area contributed by atoms with Crippen LogP contribution in [-0.4, -0.2) is 83.8 Å². The van der Waals surface area contributed by atoms with E-state index in [1.54, 1.807) is 29.2 Å². The van der Waals surface area contributed by atoms with Crippen molar-refractivity contribution in [2.45, 2.75) is 43.8 Å². The molecule has 2 saturated heterocycles. The standard InChI is InChI=1S/C25H28ClN7O5/c26-15-4-6-16(7-5-15)29-25(37)32-10-8-14(9-11-32)2-1-3-18-30-22(27)19-23(31-18)33(13-28-19)24-21(36)20(35)17(12-34)38-24/h4-7,13-14,17,20-21,24,34-36H,2,8-12H2,(H,29,37)(H2,27,30,31)/t17-,20-,21-,24-/m1/s1. The molecular weight excluding hydrogens is 514 g/mol. The Hall–Kier alpha value is -3.47. The minimum atomic E-state index is -1.28. The summed E-state index contributed by atoms with van der Waals surface area (Å²) >= 11 is 5.89. The fraction of sp³-hybridized carbons (Fsp3) is 0.440. The number of nitrogen functional groups attached to an aromatic ring is 1. The number of anilines is 2. The van der Waals surface area contributed by atoms with E-state index in [1.165, 1.54) is 10.9 Å². The van der Waals surface area contributed by atoms with Crippen molar-refractivity contribution in [3.8, 4) is 11.8 Å². The summed E-state index contributed by atoms with van der Waals surface area (Å²) in [5.41, 5.74) is 7.38. The van der Waals surface area contributed by atoms with Crippen molar-refractivity contribution in [3.05, 3.63) is 41.4 Å². The number of fused-ring (bicyclic) bond motifs is 1. The fourth-order valence-corrected chi connectivity index (χ4v) is 4.77. The lowest BCUT2D eigenvalue weighted by atomic mass is 9.94. The molecule has 38 heavy (non-hydrogen) atoms. The molecule has 0 aliphatic carbocycles. The number of rotatable bonds is 4. The number of piperidine rings is 1. The van der Waals surface area contributed by atoms with Gasteiger partial charge >= 0.3 is 6.03 Å². The number of aliphatic hydroxyl groups is 3. The van der Waals surface area contributed by atoms with Crippen LogP contribution in [0.25, 0.3) is 11.2 Å². The van der Waals surface area contributed by atoms with Gasteiger partial charge in [0.15, 0.2) is 17.7 Å². The summed E-state index contributed by atoms with van der Waals surface area (Å²) in [5, 5.41) is 33.3. The van der Waals surface area contributed by atoms with Crippen LogP contribution in [0, 0.1) is 17.8 Å². The number of hydrogen-bond acceptors (Lipinski definition) is 9. The SMILES string of the molecule is Nc1nc(C#CCC2CCN(C(=O)Nc3ccc(Cl)cc3)CC2)nc2c1ncn2[C@@H]1O[C@H](CO)[C@@H](O)[C@H]1O. The Balaban J connectivity index is 1.20. The van der Waals surface area contributed by atoms with Crippen LogP contribution in [0.2, 0.25) is 5.02 Å². The Morgan fingerprint density at radius 2 is 1.92 bits per heavy atom. The number of likely N-dealkylation sites (tertiary alicyclic amines) is 1. The van der Waals surface area contributed by atoms with Crippen molar-refractivity contribution in [3.63, 3.8) is 0 Å². The van der Waals surface area contributed by atoms with Crippen molar-refractivity contribution in [1.29, 1.82) is 0 Å². The molecule has 5 rings (SSSR count). The van der Waals surface area contributed by atoms with Gasteiger partial charge in [0.25, 0.3) is 0 Å². The highest BCUT2D eigenvalue weighted by molar-refractivity contribution is 6.30. The molecule has 4 atom stereocenters.